The number of methoxy groups -OCH3 is 1. The van der Waals surface area contributed by atoms with Crippen molar-refractivity contribution in [2.75, 3.05) is 20.3 Å². The second kappa shape index (κ2) is 10.1. The molecule has 0 saturated carbocycles. The molecule has 152 valence electrons. The fraction of sp³-hybridized carbons (Fsp3) is 0.350. The van der Waals surface area contributed by atoms with Crippen molar-refractivity contribution in [2.24, 2.45) is 0 Å². The quantitative estimate of drug-likeness (QED) is 0.633. The lowest BCUT2D eigenvalue weighted by molar-refractivity contribution is -0.123. The van der Waals surface area contributed by atoms with Crippen molar-refractivity contribution in [2.45, 2.75) is 31.2 Å². The van der Waals surface area contributed by atoms with Gasteiger partial charge in [0.25, 0.3) is 5.91 Å². The largest absolute Gasteiger partial charge is 0.496 e. The smallest absolute Gasteiger partial charge is 0.258 e. The van der Waals surface area contributed by atoms with E-state index >= 15 is 0 Å². The van der Waals surface area contributed by atoms with Crippen LogP contribution in [0.5, 0.6) is 11.5 Å². The topological polar surface area (TPSA) is 93.7 Å². The molecule has 0 aliphatic rings. The van der Waals surface area contributed by atoms with Crippen LogP contribution >= 0.6 is 0 Å². The fourth-order valence-corrected chi connectivity index (χ4v) is 3.70. The van der Waals surface area contributed by atoms with Crippen LogP contribution < -0.4 is 19.5 Å². The number of hydrogen-bond donors (Lipinski definition) is 2. The summed E-state index contributed by atoms with van der Waals surface area (Å²) in [5.41, 5.74) is 0.868. The Morgan fingerprint density at radius 1 is 1.11 bits per heavy atom. The van der Waals surface area contributed by atoms with Crippen molar-refractivity contribution in [1.29, 1.82) is 0 Å². The van der Waals surface area contributed by atoms with Gasteiger partial charge in [-0.2, -0.15) is 0 Å². The zero-order chi connectivity index (χ0) is 20.6. The summed E-state index contributed by atoms with van der Waals surface area (Å²) in [5, 5.41) is 2.85. The molecule has 0 heterocycles. The van der Waals surface area contributed by atoms with Gasteiger partial charge in [0, 0.05) is 12.1 Å². The van der Waals surface area contributed by atoms with Crippen LogP contribution in [0, 0.1) is 0 Å². The number of amides is 1. The molecule has 0 fully saturated rings. The molecule has 0 radical (unpaired) electrons. The Bertz CT molecular complexity index is 882. The Balaban J connectivity index is 1.90. The highest BCUT2D eigenvalue weighted by Gasteiger charge is 2.15. The van der Waals surface area contributed by atoms with E-state index in [9.17, 15) is 13.2 Å². The Morgan fingerprint density at radius 2 is 1.79 bits per heavy atom. The molecule has 1 amide bonds. The first-order valence-corrected chi connectivity index (χ1v) is 10.5. The Kier molecular flexibility index (Phi) is 7.83. The molecule has 1 atom stereocenters. The molecule has 2 aromatic carbocycles. The Labute approximate surface area is 166 Å². The summed E-state index contributed by atoms with van der Waals surface area (Å²) in [7, 11) is -1.94. The van der Waals surface area contributed by atoms with Crippen LogP contribution in [0.15, 0.2) is 53.4 Å². The van der Waals surface area contributed by atoms with Gasteiger partial charge in [0.2, 0.25) is 10.0 Å². The van der Waals surface area contributed by atoms with Gasteiger partial charge in [-0.1, -0.05) is 25.1 Å². The van der Waals surface area contributed by atoms with Gasteiger partial charge in [-0.25, -0.2) is 13.1 Å². The molecule has 0 aliphatic carbocycles. The SMILES string of the molecule is CCCNS(=O)(=O)c1ccc(OCC(=O)N[C@@H](C)c2ccccc2OC)cc1. The number of benzene rings is 2. The van der Waals surface area contributed by atoms with E-state index in [1.165, 1.54) is 24.3 Å². The van der Waals surface area contributed by atoms with Crippen LogP contribution in [0.2, 0.25) is 0 Å². The molecule has 0 aliphatic heterocycles. The first-order chi connectivity index (χ1) is 13.4. The normalized spacial score (nSPS) is 12.2. The van der Waals surface area contributed by atoms with Gasteiger partial charge in [-0.05, 0) is 43.7 Å². The maximum absolute atomic E-state index is 12.2. The minimum atomic E-state index is -3.52. The van der Waals surface area contributed by atoms with Crippen molar-refractivity contribution in [1.82, 2.24) is 10.0 Å². The zero-order valence-electron chi connectivity index (χ0n) is 16.3. The number of carbonyl (C=O) groups is 1. The van der Waals surface area contributed by atoms with Crippen LogP contribution in [-0.2, 0) is 14.8 Å². The van der Waals surface area contributed by atoms with E-state index in [4.69, 9.17) is 9.47 Å². The first-order valence-electron chi connectivity index (χ1n) is 9.02. The molecule has 7 nitrogen and oxygen atoms in total. The fourth-order valence-electron chi connectivity index (χ4n) is 2.57. The third kappa shape index (κ3) is 5.97. The summed E-state index contributed by atoms with van der Waals surface area (Å²) >= 11 is 0. The van der Waals surface area contributed by atoms with Gasteiger partial charge in [0.15, 0.2) is 6.61 Å². The first kappa shape index (κ1) is 21.7. The highest BCUT2D eigenvalue weighted by atomic mass is 32.2. The van der Waals surface area contributed by atoms with Crippen molar-refractivity contribution in [3.8, 4) is 11.5 Å². The number of nitrogens with one attached hydrogen (secondary N) is 2. The third-order valence-electron chi connectivity index (χ3n) is 4.03. The number of sulfonamides is 1. The van der Waals surface area contributed by atoms with Crippen LogP contribution in [0.3, 0.4) is 0 Å². The molecule has 0 spiro atoms. The van der Waals surface area contributed by atoms with Crippen molar-refractivity contribution < 1.29 is 22.7 Å². The average molecular weight is 407 g/mol. The van der Waals surface area contributed by atoms with E-state index in [1.54, 1.807) is 7.11 Å². The number of para-hydroxylation sites is 1. The van der Waals surface area contributed by atoms with Gasteiger partial charge in [0.1, 0.15) is 11.5 Å². The highest BCUT2D eigenvalue weighted by Crippen LogP contribution is 2.24. The van der Waals surface area contributed by atoms with Crippen molar-refractivity contribution in [3.05, 3.63) is 54.1 Å². The minimum absolute atomic E-state index is 0.155. The summed E-state index contributed by atoms with van der Waals surface area (Å²) in [4.78, 5) is 12.3. The number of rotatable bonds is 10. The van der Waals surface area contributed by atoms with Crippen LogP contribution in [0.4, 0.5) is 0 Å². The molecule has 2 N–H and O–H groups in total. The summed E-state index contributed by atoms with van der Waals surface area (Å²) in [6, 6.07) is 13.2. The van der Waals surface area contributed by atoms with Gasteiger partial charge >= 0.3 is 0 Å². The molecular weight excluding hydrogens is 380 g/mol. The van der Waals surface area contributed by atoms with E-state index in [1.807, 2.05) is 38.1 Å². The van der Waals surface area contributed by atoms with E-state index in [0.717, 1.165) is 5.56 Å². The summed E-state index contributed by atoms with van der Waals surface area (Å²) < 4.78 is 37.4. The van der Waals surface area contributed by atoms with Gasteiger partial charge < -0.3 is 14.8 Å². The maximum atomic E-state index is 12.2. The van der Waals surface area contributed by atoms with Crippen molar-refractivity contribution in [3.63, 3.8) is 0 Å². The van der Waals surface area contributed by atoms with Gasteiger partial charge in [-0.15, -0.1) is 0 Å². The van der Waals surface area contributed by atoms with E-state index in [0.29, 0.717) is 24.5 Å². The molecule has 2 rings (SSSR count). The molecule has 2 aromatic rings. The summed E-state index contributed by atoms with van der Waals surface area (Å²) in [5.74, 6) is 0.818. The predicted octanol–water partition coefficient (Wildman–Crippen LogP) is 2.64. The average Bonchev–Trinajstić information content (AvgIpc) is 2.71. The van der Waals surface area contributed by atoms with Gasteiger partial charge in [-0.3, -0.25) is 4.79 Å². The summed E-state index contributed by atoms with van der Waals surface area (Å²) in [6.45, 7) is 3.95. The molecule has 0 bridgehead atoms. The maximum Gasteiger partial charge on any atom is 0.258 e. The Hall–Kier alpha value is -2.58. The molecule has 8 heteroatoms. The van der Waals surface area contributed by atoms with E-state index in [2.05, 4.69) is 10.0 Å². The summed E-state index contributed by atoms with van der Waals surface area (Å²) in [6.07, 6.45) is 0.711. The lowest BCUT2D eigenvalue weighted by Crippen LogP contribution is -2.31. The standard InChI is InChI=1S/C20H26N2O5S/c1-4-13-21-28(24,25)17-11-9-16(10-12-17)27-14-20(23)22-15(2)18-7-5-6-8-19(18)26-3/h5-12,15,21H,4,13-14H2,1-3H3,(H,22,23)/t15-/m0/s1. The van der Waals surface area contributed by atoms with Crippen LogP contribution in [0.1, 0.15) is 31.9 Å². The van der Waals surface area contributed by atoms with Crippen LogP contribution in [0.25, 0.3) is 0 Å². The number of hydrogen-bond acceptors (Lipinski definition) is 5. The lowest BCUT2D eigenvalue weighted by atomic mass is 10.1. The Morgan fingerprint density at radius 3 is 2.43 bits per heavy atom. The van der Waals surface area contributed by atoms with Crippen molar-refractivity contribution >= 4 is 15.9 Å². The molecule has 0 aromatic heterocycles. The number of carbonyl (C=O) groups excluding carboxylic acids is 1. The predicted molar refractivity (Wildman–Crippen MR) is 107 cm³/mol. The number of ether oxygens (including phenoxy) is 2. The second-order valence-electron chi connectivity index (χ2n) is 6.19. The molecule has 0 unspecified atom stereocenters. The minimum Gasteiger partial charge on any atom is -0.496 e. The van der Waals surface area contributed by atoms with Gasteiger partial charge in [0.05, 0.1) is 18.0 Å². The molecular formula is C20H26N2O5S. The molecule has 28 heavy (non-hydrogen) atoms. The van der Waals surface area contributed by atoms with E-state index in [-0.39, 0.29) is 23.5 Å². The van der Waals surface area contributed by atoms with E-state index < -0.39 is 10.0 Å². The third-order valence-corrected chi connectivity index (χ3v) is 5.51. The second-order valence-corrected chi connectivity index (χ2v) is 7.96. The molecule has 0 saturated heterocycles. The lowest BCUT2D eigenvalue weighted by Gasteiger charge is -2.17. The highest BCUT2D eigenvalue weighted by molar-refractivity contribution is 7.89. The van der Waals surface area contributed by atoms with Crippen LogP contribution in [-0.4, -0.2) is 34.6 Å². The monoisotopic (exact) mass is 406 g/mol. The zero-order valence-corrected chi connectivity index (χ0v) is 17.1.